The van der Waals surface area contributed by atoms with Crippen LogP contribution in [0.4, 0.5) is 39.5 Å². The second-order valence-electron chi connectivity index (χ2n) is 12.5. The number of halogens is 9. The van der Waals surface area contributed by atoms with Gasteiger partial charge in [-0.1, -0.05) is 46.0 Å². The molecular weight excluding hydrogens is 651 g/mol. The highest BCUT2D eigenvalue weighted by Gasteiger charge is 2.47. The Balaban J connectivity index is 1.48. The summed E-state index contributed by atoms with van der Waals surface area (Å²) in [7, 11) is 0. The molecule has 5 rings (SSSR count). The minimum atomic E-state index is -3.96. The average Bonchev–Trinajstić information content (AvgIpc) is 2.98. The molecule has 0 aliphatic carbocycles. The van der Waals surface area contributed by atoms with E-state index >= 15 is 17.6 Å². The smallest absolute Gasteiger partial charge is 0.429 e. The number of hydrogen-bond acceptors (Lipinski definition) is 3. The standard InChI is InChI=1S/C36H29F9O3/c1-5-6-19-16-46-34(47-17-19)36(44,45)48-22-14-24(35(2,3)4)23(25(37)15-22)8-7-18-9-20-11-27(39)31(33(43)30(20)26(38)10-18)21-12-28(40)32(42)29(41)13-21/h9-15,19,34H,5-6,16-17H2,1-4H3. The summed E-state index contributed by atoms with van der Waals surface area (Å²) >= 11 is 0. The Kier molecular flexibility index (Phi) is 9.77. The van der Waals surface area contributed by atoms with Crippen LogP contribution in [0.15, 0.2) is 42.5 Å². The first-order valence-corrected chi connectivity index (χ1v) is 14.9. The van der Waals surface area contributed by atoms with E-state index < -0.39 is 80.8 Å². The molecule has 1 heterocycles. The van der Waals surface area contributed by atoms with E-state index in [9.17, 15) is 22.0 Å². The normalized spacial score (nSPS) is 16.9. The highest BCUT2D eigenvalue weighted by atomic mass is 19.3. The third-order valence-corrected chi connectivity index (χ3v) is 7.75. The van der Waals surface area contributed by atoms with Gasteiger partial charge in [-0.15, -0.1) is 0 Å². The number of hydrogen-bond donors (Lipinski definition) is 0. The quantitative estimate of drug-likeness (QED) is 0.115. The van der Waals surface area contributed by atoms with Gasteiger partial charge in [-0.25, -0.2) is 30.7 Å². The molecule has 0 spiro atoms. The van der Waals surface area contributed by atoms with Crippen LogP contribution in [0.3, 0.4) is 0 Å². The Morgan fingerprint density at radius 2 is 1.40 bits per heavy atom. The summed E-state index contributed by atoms with van der Waals surface area (Å²) in [6.07, 6.45) is -4.39. The van der Waals surface area contributed by atoms with Crippen molar-refractivity contribution >= 4 is 10.8 Å². The van der Waals surface area contributed by atoms with E-state index in [0.29, 0.717) is 24.3 Å². The summed E-state index contributed by atoms with van der Waals surface area (Å²) in [6, 6.07) is 5.26. The summed E-state index contributed by atoms with van der Waals surface area (Å²) in [4.78, 5) is 0. The second-order valence-corrected chi connectivity index (χ2v) is 12.5. The van der Waals surface area contributed by atoms with Crippen molar-refractivity contribution in [1.82, 2.24) is 0 Å². The average molecular weight is 681 g/mol. The summed E-state index contributed by atoms with van der Waals surface area (Å²) in [5, 5.41) is -1.06. The molecule has 254 valence electrons. The predicted octanol–water partition coefficient (Wildman–Crippen LogP) is 9.94. The SMILES string of the molecule is CCCC1COC(C(F)(F)Oc2cc(F)c(C#Cc3cc(F)c4c(F)c(-c5cc(F)c(F)c(F)c5)c(F)cc4c3)c(C(C)(C)C)c2)OC1. The summed E-state index contributed by atoms with van der Waals surface area (Å²) in [5.41, 5.74) is -2.73. The number of rotatable bonds is 6. The largest absolute Gasteiger partial charge is 0.451 e. The summed E-state index contributed by atoms with van der Waals surface area (Å²) in [6.45, 7) is 7.08. The lowest BCUT2D eigenvalue weighted by molar-refractivity contribution is -0.352. The first-order valence-electron chi connectivity index (χ1n) is 14.9. The molecule has 0 unspecified atom stereocenters. The monoisotopic (exact) mass is 680 g/mol. The number of alkyl halides is 2. The second kappa shape index (κ2) is 13.4. The molecule has 4 aromatic carbocycles. The van der Waals surface area contributed by atoms with Gasteiger partial charge in [-0.05, 0) is 64.7 Å². The van der Waals surface area contributed by atoms with Crippen LogP contribution in [-0.2, 0) is 14.9 Å². The van der Waals surface area contributed by atoms with Crippen LogP contribution in [0.2, 0.25) is 0 Å². The molecular formula is C36H29F9O3. The molecule has 0 aromatic heterocycles. The van der Waals surface area contributed by atoms with Gasteiger partial charge in [0, 0.05) is 17.5 Å². The zero-order valence-corrected chi connectivity index (χ0v) is 26.2. The number of benzene rings is 4. The van der Waals surface area contributed by atoms with Crippen molar-refractivity contribution in [3.63, 3.8) is 0 Å². The maximum Gasteiger partial charge on any atom is 0.451 e. The fraction of sp³-hybridized carbons (Fsp3) is 0.333. The Labute approximate surface area is 270 Å². The number of fused-ring (bicyclic) bond motifs is 1. The van der Waals surface area contributed by atoms with Crippen LogP contribution in [0.1, 0.15) is 57.2 Å². The zero-order chi connectivity index (χ0) is 35.1. The third-order valence-electron chi connectivity index (χ3n) is 7.75. The molecule has 12 heteroatoms. The first kappa shape index (κ1) is 35.1. The van der Waals surface area contributed by atoms with Gasteiger partial charge >= 0.3 is 6.11 Å². The molecule has 0 saturated carbocycles. The van der Waals surface area contributed by atoms with E-state index in [0.717, 1.165) is 25.0 Å². The van der Waals surface area contributed by atoms with E-state index in [4.69, 9.17) is 14.2 Å². The fourth-order valence-corrected chi connectivity index (χ4v) is 5.46. The van der Waals surface area contributed by atoms with E-state index in [2.05, 4.69) is 11.8 Å². The highest BCUT2D eigenvalue weighted by Crippen LogP contribution is 2.37. The van der Waals surface area contributed by atoms with Gasteiger partial charge in [-0.3, -0.25) is 0 Å². The van der Waals surface area contributed by atoms with Crippen molar-refractivity contribution in [2.75, 3.05) is 13.2 Å². The van der Waals surface area contributed by atoms with Crippen LogP contribution in [-0.4, -0.2) is 25.6 Å². The molecule has 1 fully saturated rings. The van der Waals surface area contributed by atoms with E-state index in [1.54, 1.807) is 20.8 Å². The lowest BCUT2D eigenvalue weighted by Crippen LogP contribution is -2.47. The van der Waals surface area contributed by atoms with Gasteiger partial charge < -0.3 is 14.2 Å². The molecule has 4 aromatic rings. The van der Waals surface area contributed by atoms with E-state index in [1.165, 1.54) is 6.07 Å². The lowest BCUT2D eigenvalue weighted by atomic mass is 9.83. The van der Waals surface area contributed by atoms with Gasteiger partial charge in [0.25, 0.3) is 6.29 Å². The molecule has 0 radical (unpaired) electrons. The molecule has 1 aliphatic rings. The molecule has 0 atom stereocenters. The van der Waals surface area contributed by atoms with Gasteiger partial charge in [0.1, 0.15) is 29.0 Å². The van der Waals surface area contributed by atoms with Crippen molar-refractivity contribution in [2.45, 2.75) is 58.4 Å². The minimum absolute atomic E-state index is 0.0326. The summed E-state index contributed by atoms with van der Waals surface area (Å²) in [5.74, 6) is -5.76. The van der Waals surface area contributed by atoms with Gasteiger partial charge in [-0.2, -0.15) is 8.78 Å². The minimum Gasteiger partial charge on any atom is -0.429 e. The Bertz CT molecular complexity index is 1910. The molecule has 0 N–H and O–H groups in total. The van der Waals surface area contributed by atoms with Crippen molar-refractivity contribution in [3.8, 4) is 28.7 Å². The highest BCUT2D eigenvalue weighted by molar-refractivity contribution is 5.90. The van der Waals surface area contributed by atoms with Crippen LogP contribution in [0, 0.1) is 58.5 Å². The topological polar surface area (TPSA) is 27.7 Å². The van der Waals surface area contributed by atoms with Crippen LogP contribution in [0.25, 0.3) is 21.9 Å². The van der Waals surface area contributed by atoms with Crippen LogP contribution < -0.4 is 4.74 Å². The van der Waals surface area contributed by atoms with Gasteiger partial charge in [0.15, 0.2) is 17.5 Å². The third kappa shape index (κ3) is 7.12. The predicted molar refractivity (Wildman–Crippen MR) is 160 cm³/mol. The van der Waals surface area contributed by atoms with Crippen molar-refractivity contribution in [3.05, 3.63) is 99.9 Å². The molecule has 3 nitrogen and oxygen atoms in total. The van der Waals surface area contributed by atoms with E-state index in [-0.39, 0.29) is 41.2 Å². The fourth-order valence-electron chi connectivity index (χ4n) is 5.46. The molecule has 0 bridgehead atoms. The Hall–Kier alpha value is -4.21. The maximum absolute atomic E-state index is 15.5. The van der Waals surface area contributed by atoms with Gasteiger partial charge in [0.05, 0.1) is 29.7 Å². The van der Waals surface area contributed by atoms with Crippen molar-refractivity contribution in [1.29, 1.82) is 0 Å². The van der Waals surface area contributed by atoms with Crippen LogP contribution in [0.5, 0.6) is 5.75 Å². The van der Waals surface area contributed by atoms with Crippen LogP contribution >= 0.6 is 0 Å². The molecule has 1 aliphatic heterocycles. The molecule has 0 amide bonds. The van der Waals surface area contributed by atoms with Crippen molar-refractivity contribution < 1.29 is 53.7 Å². The lowest BCUT2D eigenvalue weighted by Gasteiger charge is -2.33. The number of ether oxygens (including phenoxy) is 3. The maximum atomic E-state index is 15.5. The van der Waals surface area contributed by atoms with Gasteiger partial charge in [0.2, 0.25) is 0 Å². The Morgan fingerprint density at radius 3 is 2.00 bits per heavy atom. The summed E-state index contributed by atoms with van der Waals surface area (Å²) < 4.78 is 147. The molecule has 48 heavy (non-hydrogen) atoms. The van der Waals surface area contributed by atoms with E-state index in [1.807, 2.05) is 6.92 Å². The van der Waals surface area contributed by atoms with Crippen molar-refractivity contribution in [2.24, 2.45) is 5.92 Å². The molecule has 1 saturated heterocycles. The Morgan fingerprint density at radius 1 is 0.750 bits per heavy atom. The first-order chi connectivity index (χ1) is 22.5. The zero-order valence-electron chi connectivity index (χ0n) is 26.2.